The fourth-order valence-electron chi connectivity index (χ4n) is 1.96. The first kappa shape index (κ1) is 12.5. The minimum atomic E-state index is -0.139. The van der Waals surface area contributed by atoms with Crippen molar-refractivity contribution in [1.82, 2.24) is 25.2 Å². The van der Waals surface area contributed by atoms with E-state index in [-0.39, 0.29) is 17.7 Å². The average molecular weight is 251 g/mol. The quantitative estimate of drug-likeness (QED) is 0.785. The molecule has 7 nitrogen and oxygen atoms in total. The van der Waals surface area contributed by atoms with Crippen LogP contribution in [0.1, 0.15) is 24.3 Å². The zero-order valence-electron chi connectivity index (χ0n) is 10.6. The monoisotopic (exact) mass is 251 g/mol. The molecule has 1 aromatic heterocycles. The lowest BCUT2D eigenvalue weighted by atomic mass is 10.1. The van der Waals surface area contributed by atoms with Crippen molar-refractivity contribution < 1.29 is 9.59 Å². The Morgan fingerprint density at radius 2 is 1.83 bits per heavy atom. The first-order valence-electron chi connectivity index (χ1n) is 6.03. The molecule has 0 aliphatic carbocycles. The Hall–Kier alpha value is -1.92. The summed E-state index contributed by atoms with van der Waals surface area (Å²) in [5.74, 6) is 0.00622. The van der Waals surface area contributed by atoms with Crippen molar-refractivity contribution in [2.45, 2.75) is 13.8 Å². The lowest BCUT2D eigenvalue weighted by Gasteiger charge is -2.35. The summed E-state index contributed by atoms with van der Waals surface area (Å²) in [4.78, 5) is 27.3. The summed E-state index contributed by atoms with van der Waals surface area (Å²) < 4.78 is 0. The topological polar surface area (TPSA) is 82.2 Å². The predicted octanol–water partition coefficient (Wildman–Crippen LogP) is -0.255. The molecule has 0 aromatic carbocycles. The molecule has 2 amide bonds. The van der Waals surface area contributed by atoms with Crippen LogP contribution in [0.3, 0.4) is 0 Å². The highest BCUT2D eigenvalue weighted by atomic mass is 16.2. The molecule has 0 atom stereocenters. The second-order valence-electron chi connectivity index (χ2n) is 4.63. The van der Waals surface area contributed by atoms with Crippen LogP contribution in [0.5, 0.6) is 0 Å². The molecule has 0 spiro atoms. The zero-order valence-corrected chi connectivity index (χ0v) is 10.6. The molecule has 1 aliphatic heterocycles. The van der Waals surface area contributed by atoms with Gasteiger partial charge in [0.15, 0.2) is 5.69 Å². The number of hydrogen-bond donors (Lipinski definition) is 1. The van der Waals surface area contributed by atoms with Crippen molar-refractivity contribution in [3.63, 3.8) is 0 Å². The van der Waals surface area contributed by atoms with Crippen LogP contribution in [-0.2, 0) is 4.79 Å². The van der Waals surface area contributed by atoms with Gasteiger partial charge in [-0.2, -0.15) is 15.4 Å². The lowest BCUT2D eigenvalue weighted by molar-refractivity contribution is -0.135. The number of rotatable bonds is 2. The van der Waals surface area contributed by atoms with E-state index >= 15 is 0 Å². The van der Waals surface area contributed by atoms with E-state index < -0.39 is 0 Å². The molecular weight excluding hydrogens is 234 g/mol. The second kappa shape index (κ2) is 5.16. The molecule has 0 saturated carbocycles. The van der Waals surface area contributed by atoms with Crippen LogP contribution in [0, 0.1) is 5.92 Å². The fraction of sp³-hybridized carbons (Fsp3) is 0.636. The maximum atomic E-state index is 12.0. The Balaban J connectivity index is 1.91. The number of hydrogen-bond acceptors (Lipinski definition) is 4. The summed E-state index contributed by atoms with van der Waals surface area (Å²) in [5.41, 5.74) is 0.318. The molecule has 1 fully saturated rings. The van der Waals surface area contributed by atoms with Crippen molar-refractivity contribution in [3.8, 4) is 0 Å². The van der Waals surface area contributed by atoms with E-state index in [1.165, 1.54) is 6.20 Å². The van der Waals surface area contributed by atoms with Crippen molar-refractivity contribution in [3.05, 3.63) is 11.9 Å². The lowest BCUT2D eigenvalue weighted by Crippen LogP contribution is -2.51. The molecule has 1 aromatic rings. The predicted molar refractivity (Wildman–Crippen MR) is 63.7 cm³/mol. The molecule has 2 rings (SSSR count). The van der Waals surface area contributed by atoms with Crippen LogP contribution in [0.4, 0.5) is 0 Å². The number of nitrogens with one attached hydrogen (secondary N) is 1. The number of carbonyl (C=O) groups excluding carboxylic acids is 2. The molecule has 98 valence electrons. The summed E-state index contributed by atoms with van der Waals surface area (Å²) in [6.07, 6.45) is 1.41. The van der Waals surface area contributed by atoms with E-state index in [0.717, 1.165) is 0 Å². The highest BCUT2D eigenvalue weighted by Crippen LogP contribution is 2.09. The molecule has 1 aliphatic rings. The number of nitrogens with zero attached hydrogens (tertiary/aromatic N) is 4. The third-order valence-electron chi connectivity index (χ3n) is 3.01. The minimum absolute atomic E-state index is 0.00259. The van der Waals surface area contributed by atoms with Gasteiger partial charge in [-0.1, -0.05) is 13.8 Å². The Kier molecular flexibility index (Phi) is 3.59. The van der Waals surface area contributed by atoms with E-state index in [1.807, 2.05) is 13.8 Å². The molecule has 0 bridgehead atoms. The normalized spacial score (nSPS) is 16.2. The van der Waals surface area contributed by atoms with E-state index in [2.05, 4.69) is 15.4 Å². The van der Waals surface area contributed by atoms with Gasteiger partial charge in [0.2, 0.25) is 5.91 Å². The Morgan fingerprint density at radius 1 is 1.22 bits per heavy atom. The van der Waals surface area contributed by atoms with E-state index in [4.69, 9.17) is 0 Å². The number of aromatic nitrogens is 3. The van der Waals surface area contributed by atoms with E-state index in [9.17, 15) is 9.59 Å². The standard InChI is InChI=1S/C11H17N5O2/c1-8(2)10(17)15-3-5-16(6-4-15)11(18)9-7-12-14-13-9/h7-8H,3-6H2,1-2H3,(H,12,13,14). The van der Waals surface area contributed by atoms with Gasteiger partial charge < -0.3 is 9.80 Å². The molecule has 1 saturated heterocycles. The SMILES string of the molecule is CC(C)C(=O)N1CCN(C(=O)c2cn[nH]n2)CC1. The van der Waals surface area contributed by atoms with Crippen LogP contribution < -0.4 is 0 Å². The maximum Gasteiger partial charge on any atom is 0.276 e. The average Bonchev–Trinajstić information content (AvgIpc) is 2.91. The van der Waals surface area contributed by atoms with Gasteiger partial charge in [-0.3, -0.25) is 9.59 Å². The number of carbonyl (C=O) groups is 2. The fourth-order valence-corrected chi connectivity index (χ4v) is 1.96. The maximum absolute atomic E-state index is 12.0. The first-order valence-corrected chi connectivity index (χ1v) is 6.03. The molecule has 0 unspecified atom stereocenters. The minimum Gasteiger partial charge on any atom is -0.339 e. The van der Waals surface area contributed by atoms with Gasteiger partial charge in [-0.25, -0.2) is 0 Å². The molecule has 0 radical (unpaired) electrons. The van der Waals surface area contributed by atoms with Crippen molar-refractivity contribution >= 4 is 11.8 Å². The zero-order chi connectivity index (χ0) is 13.1. The highest BCUT2D eigenvalue weighted by Gasteiger charge is 2.26. The Morgan fingerprint density at radius 3 is 2.33 bits per heavy atom. The Labute approximate surface area is 105 Å². The second-order valence-corrected chi connectivity index (χ2v) is 4.63. The number of amides is 2. The smallest absolute Gasteiger partial charge is 0.276 e. The van der Waals surface area contributed by atoms with Crippen LogP contribution in [0.25, 0.3) is 0 Å². The van der Waals surface area contributed by atoms with Crippen LogP contribution in [-0.4, -0.2) is 63.2 Å². The van der Waals surface area contributed by atoms with Gasteiger partial charge in [0.05, 0.1) is 6.20 Å². The van der Waals surface area contributed by atoms with Gasteiger partial charge >= 0.3 is 0 Å². The number of piperazine rings is 1. The third-order valence-corrected chi connectivity index (χ3v) is 3.01. The largest absolute Gasteiger partial charge is 0.339 e. The van der Waals surface area contributed by atoms with Crippen LogP contribution in [0.15, 0.2) is 6.20 Å². The summed E-state index contributed by atoms with van der Waals surface area (Å²) in [7, 11) is 0. The Bertz CT molecular complexity index is 421. The summed E-state index contributed by atoms with van der Waals surface area (Å²) in [5, 5.41) is 9.80. The van der Waals surface area contributed by atoms with Crippen molar-refractivity contribution in [1.29, 1.82) is 0 Å². The summed E-state index contributed by atoms with van der Waals surface area (Å²) in [6.45, 7) is 6.03. The van der Waals surface area contributed by atoms with Crippen molar-refractivity contribution in [2.24, 2.45) is 5.92 Å². The van der Waals surface area contributed by atoms with Crippen LogP contribution in [0.2, 0.25) is 0 Å². The first-order chi connectivity index (χ1) is 8.59. The van der Waals surface area contributed by atoms with Gasteiger partial charge in [-0.05, 0) is 0 Å². The summed E-state index contributed by atoms with van der Waals surface area (Å²) in [6, 6.07) is 0. The molecule has 2 heterocycles. The molecular formula is C11H17N5O2. The van der Waals surface area contributed by atoms with Crippen LogP contribution >= 0.6 is 0 Å². The van der Waals surface area contributed by atoms with Gasteiger partial charge in [-0.15, -0.1) is 0 Å². The van der Waals surface area contributed by atoms with E-state index in [0.29, 0.717) is 31.9 Å². The number of aromatic amines is 1. The highest BCUT2D eigenvalue weighted by molar-refractivity contribution is 5.92. The molecule has 18 heavy (non-hydrogen) atoms. The summed E-state index contributed by atoms with van der Waals surface area (Å²) >= 11 is 0. The van der Waals surface area contributed by atoms with Gasteiger partial charge in [0.25, 0.3) is 5.91 Å². The molecule has 7 heteroatoms. The van der Waals surface area contributed by atoms with Gasteiger partial charge in [0, 0.05) is 32.1 Å². The van der Waals surface area contributed by atoms with Crippen molar-refractivity contribution in [2.75, 3.05) is 26.2 Å². The third kappa shape index (κ3) is 2.49. The number of H-pyrrole nitrogens is 1. The van der Waals surface area contributed by atoms with Gasteiger partial charge in [0.1, 0.15) is 0 Å². The van der Waals surface area contributed by atoms with E-state index in [1.54, 1.807) is 9.80 Å². The molecule has 1 N–H and O–H groups in total.